The summed E-state index contributed by atoms with van der Waals surface area (Å²) < 4.78 is 22.7. The number of nitrogens with one attached hydrogen (secondary N) is 1. The van der Waals surface area contributed by atoms with Crippen LogP contribution in [0.2, 0.25) is 0 Å². The molecule has 0 amide bonds. The van der Waals surface area contributed by atoms with E-state index in [4.69, 9.17) is 0 Å². The predicted octanol–water partition coefficient (Wildman–Crippen LogP) is 1.17. The Kier molecular flexibility index (Phi) is 2.58. The molecule has 1 aliphatic carbocycles. The van der Waals surface area contributed by atoms with Crippen molar-refractivity contribution in [2.75, 3.05) is 16.8 Å². The van der Waals surface area contributed by atoms with Crippen LogP contribution in [0.5, 0.6) is 0 Å². The van der Waals surface area contributed by atoms with Gasteiger partial charge in [0.1, 0.15) is 5.82 Å². The zero-order valence-corrected chi connectivity index (χ0v) is 10.5. The second-order valence-electron chi connectivity index (χ2n) is 4.90. The summed E-state index contributed by atoms with van der Waals surface area (Å²) in [5.41, 5.74) is 2.52. The Morgan fingerprint density at radius 3 is 2.94 bits per heavy atom. The Morgan fingerprint density at radius 1 is 1.29 bits per heavy atom. The number of fused-ring (bicyclic) bond motifs is 1. The molecule has 1 atom stereocenters. The van der Waals surface area contributed by atoms with Gasteiger partial charge in [0, 0.05) is 11.7 Å². The van der Waals surface area contributed by atoms with E-state index in [1.807, 2.05) is 6.07 Å². The minimum Gasteiger partial charge on any atom is -0.366 e. The largest absolute Gasteiger partial charge is 0.366 e. The van der Waals surface area contributed by atoms with Crippen LogP contribution in [0.3, 0.4) is 0 Å². The van der Waals surface area contributed by atoms with Gasteiger partial charge in [0.15, 0.2) is 9.84 Å². The third kappa shape index (κ3) is 2.29. The zero-order valence-electron chi connectivity index (χ0n) is 9.65. The first-order valence-electron chi connectivity index (χ1n) is 6.08. The van der Waals surface area contributed by atoms with Crippen LogP contribution in [-0.4, -0.2) is 30.9 Å². The summed E-state index contributed by atoms with van der Waals surface area (Å²) in [6.07, 6.45) is 4.05. The summed E-state index contributed by atoms with van der Waals surface area (Å²) in [6, 6.07) is 4.11. The van der Waals surface area contributed by atoms with Crippen LogP contribution in [0.25, 0.3) is 0 Å². The van der Waals surface area contributed by atoms with E-state index in [9.17, 15) is 8.42 Å². The van der Waals surface area contributed by atoms with Crippen LogP contribution in [0, 0.1) is 0 Å². The summed E-state index contributed by atoms with van der Waals surface area (Å²) in [7, 11) is -2.82. The van der Waals surface area contributed by atoms with Crippen LogP contribution in [0.15, 0.2) is 12.1 Å². The lowest BCUT2D eigenvalue weighted by Crippen LogP contribution is -2.21. The number of sulfone groups is 1. The predicted molar refractivity (Wildman–Crippen MR) is 66.9 cm³/mol. The molecular weight excluding hydrogens is 236 g/mol. The first kappa shape index (κ1) is 11.0. The Balaban J connectivity index is 1.74. The molecule has 1 unspecified atom stereocenters. The zero-order chi connectivity index (χ0) is 11.9. The number of hydrogen-bond donors (Lipinski definition) is 1. The maximum Gasteiger partial charge on any atom is 0.152 e. The van der Waals surface area contributed by atoms with Crippen molar-refractivity contribution in [3.63, 3.8) is 0 Å². The molecule has 0 saturated carbocycles. The summed E-state index contributed by atoms with van der Waals surface area (Å²) >= 11 is 0. The first-order chi connectivity index (χ1) is 8.12. The Labute approximate surface area is 101 Å². The van der Waals surface area contributed by atoms with Gasteiger partial charge in [0.25, 0.3) is 0 Å². The van der Waals surface area contributed by atoms with Gasteiger partial charge in [-0.2, -0.15) is 0 Å². The molecule has 2 heterocycles. The second-order valence-corrected chi connectivity index (χ2v) is 7.13. The van der Waals surface area contributed by atoms with Gasteiger partial charge in [0.2, 0.25) is 0 Å². The van der Waals surface area contributed by atoms with E-state index in [0.717, 1.165) is 18.7 Å². The summed E-state index contributed by atoms with van der Waals surface area (Å²) in [4.78, 5) is 4.56. The molecule has 92 valence electrons. The van der Waals surface area contributed by atoms with Crippen LogP contribution in [0.4, 0.5) is 5.82 Å². The SMILES string of the molecule is O=S1(=O)CCC(Nc2ccc3c(n2)CCC3)C1. The first-order valence-corrected chi connectivity index (χ1v) is 7.90. The fourth-order valence-corrected chi connectivity index (χ4v) is 4.29. The molecule has 1 aromatic heterocycles. The number of aromatic nitrogens is 1. The van der Waals surface area contributed by atoms with Crippen LogP contribution in [0.1, 0.15) is 24.1 Å². The van der Waals surface area contributed by atoms with E-state index in [0.29, 0.717) is 12.2 Å². The molecule has 0 spiro atoms. The van der Waals surface area contributed by atoms with Crippen LogP contribution >= 0.6 is 0 Å². The normalized spacial score (nSPS) is 25.8. The Bertz CT molecular complexity index is 539. The molecular formula is C12H16N2O2S. The molecule has 0 aromatic carbocycles. The van der Waals surface area contributed by atoms with E-state index in [2.05, 4.69) is 16.4 Å². The number of hydrogen-bond acceptors (Lipinski definition) is 4. The molecule has 3 rings (SSSR count). The minimum atomic E-state index is -2.82. The van der Waals surface area contributed by atoms with Gasteiger partial charge < -0.3 is 5.32 Å². The van der Waals surface area contributed by atoms with E-state index < -0.39 is 9.84 Å². The average Bonchev–Trinajstić information content (AvgIpc) is 2.84. The molecule has 4 nitrogen and oxygen atoms in total. The smallest absolute Gasteiger partial charge is 0.152 e. The number of nitrogens with zero attached hydrogens (tertiary/aromatic N) is 1. The highest BCUT2D eigenvalue weighted by molar-refractivity contribution is 7.91. The summed E-state index contributed by atoms with van der Waals surface area (Å²) in [5, 5.41) is 3.24. The topological polar surface area (TPSA) is 59.1 Å². The highest BCUT2D eigenvalue weighted by atomic mass is 32.2. The van der Waals surface area contributed by atoms with Crippen molar-refractivity contribution >= 4 is 15.7 Å². The summed E-state index contributed by atoms with van der Waals surface area (Å²) in [6.45, 7) is 0. The van der Waals surface area contributed by atoms with Crippen molar-refractivity contribution in [1.29, 1.82) is 0 Å². The maximum absolute atomic E-state index is 11.4. The number of anilines is 1. The van der Waals surface area contributed by atoms with E-state index >= 15 is 0 Å². The molecule has 17 heavy (non-hydrogen) atoms. The fraction of sp³-hybridized carbons (Fsp3) is 0.583. The van der Waals surface area contributed by atoms with Gasteiger partial charge in [-0.15, -0.1) is 0 Å². The van der Waals surface area contributed by atoms with Gasteiger partial charge in [-0.05, 0) is 37.3 Å². The van der Waals surface area contributed by atoms with Crippen molar-refractivity contribution in [2.24, 2.45) is 0 Å². The molecule has 1 fully saturated rings. The Morgan fingerprint density at radius 2 is 2.18 bits per heavy atom. The van der Waals surface area contributed by atoms with Crippen molar-refractivity contribution in [1.82, 2.24) is 4.98 Å². The lowest BCUT2D eigenvalue weighted by atomic mass is 10.2. The van der Waals surface area contributed by atoms with Crippen LogP contribution in [-0.2, 0) is 22.7 Å². The average molecular weight is 252 g/mol. The third-order valence-electron chi connectivity index (χ3n) is 3.51. The standard InChI is InChI=1S/C12H16N2O2S/c15-17(16)7-6-10(8-17)13-12-5-4-9-2-1-3-11(9)14-12/h4-5,10H,1-3,6-8H2,(H,13,14). The molecule has 0 bridgehead atoms. The number of aryl methyl sites for hydroxylation is 2. The molecule has 1 aromatic rings. The van der Waals surface area contributed by atoms with E-state index in [1.54, 1.807) is 0 Å². The van der Waals surface area contributed by atoms with E-state index in [-0.39, 0.29) is 11.8 Å². The third-order valence-corrected chi connectivity index (χ3v) is 5.28. The Hall–Kier alpha value is -1.10. The molecule has 5 heteroatoms. The van der Waals surface area contributed by atoms with Gasteiger partial charge in [-0.25, -0.2) is 13.4 Å². The molecule has 1 aliphatic heterocycles. The molecule has 1 saturated heterocycles. The highest BCUT2D eigenvalue weighted by Gasteiger charge is 2.28. The molecule has 0 radical (unpaired) electrons. The van der Waals surface area contributed by atoms with Gasteiger partial charge in [0.05, 0.1) is 11.5 Å². The van der Waals surface area contributed by atoms with Gasteiger partial charge in [-0.1, -0.05) is 6.07 Å². The van der Waals surface area contributed by atoms with Crippen molar-refractivity contribution in [2.45, 2.75) is 31.7 Å². The highest BCUT2D eigenvalue weighted by Crippen LogP contribution is 2.23. The summed E-state index contributed by atoms with van der Waals surface area (Å²) in [5.74, 6) is 1.37. The van der Waals surface area contributed by atoms with Crippen LogP contribution < -0.4 is 5.32 Å². The number of pyridine rings is 1. The molecule has 2 aliphatic rings. The van der Waals surface area contributed by atoms with Gasteiger partial charge in [-0.3, -0.25) is 0 Å². The fourth-order valence-electron chi connectivity index (χ4n) is 2.62. The minimum absolute atomic E-state index is 0.0342. The van der Waals surface area contributed by atoms with Gasteiger partial charge >= 0.3 is 0 Å². The van der Waals surface area contributed by atoms with Crippen molar-refractivity contribution in [3.05, 3.63) is 23.4 Å². The maximum atomic E-state index is 11.4. The van der Waals surface area contributed by atoms with E-state index in [1.165, 1.54) is 17.7 Å². The quantitative estimate of drug-likeness (QED) is 0.858. The lowest BCUT2D eigenvalue weighted by molar-refractivity contribution is 0.602. The second kappa shape index (κ2) is 3.98. The van der Waals surface area contributed by atoms with Crippen molar-refractivity contribution in [3.8, 4) is 0 Å². The number of rotatable bonds is 2. The molecule has 1 N–H and O–H groups in total. The monoisotopic (exact) mass is 252 g/mol. The van der Waals surface area contributed by atoms with Crippen molar-refractivity contribution < 1.29 is 8.42 Å². The lowest BCUT2D eigenvalue weighted by Gasteiger charge is -2.12.